The Balaban J connectivity index is 1.90. The number of hydrogen-bond acceptors (Lipinski definition) is 3. The van der Waals surface area contributed by atoms with E-state index in [4.69, 9.17) is 4.74 Å². The van der Waals surface area contributed by atoms with Gasteiger partial charge < -0.3 is 9.64 Å². The van der Waals surface area contributed by atoms with Crippen molar-refractivity contribution in [1.29, 1.82) is 0 Å². The molecule has 3 rings (SSSR count). The molecular weight excluding hydrogens is 278 g/mol. The summed E-state index contributed by atoms with van der Waals surface area (Å²) in [4.78, 5) is 25.7. The molecule has 2 aromatic rings. The van der Waals surface area contributed by atoms with Crippen molar-refractivity contribution in [1.82, 2.24) is 0 Å². The molecule has 112 valence electrons. The first-order valence-electron chi connectivity index (χ1n) is 7.20. The van der Waals surface area contributed by atoms with Gasteiger partial charge in [-0.15, -0.1) is 0 Å². The van der Waals surface area contributed by atoms with Crippen molar-refractivity contribution in [3.63, 3.8) is 0 Å². The van der Waals surface area contributed by atoms with E-state index in [2.05, 4.69) is 0 Å². The molecule has 0 saturated carbocycles. The Morgan fingerprint density at radius 1 is 1.14 bits per heavy atom. The summed E-state index contributed by atoms with van der Waals surface area (Å²) in [6.45, 7) is 2.16. The Kier molecular flexibility index (Phi) is 3.67. The minimum atomic E-state index is -0.0144. The van der Waals surface area contributed by atoms with Gasteiger partial charge >= 0.3 is 0 Å². The molecular formula is C18H17NO3. The fraction of sp³-hybridized carbons (Fsp3) is 0.222. The first kappa shape index (κ1) is 14.3. The zero-order chi connectivity index (χ0) is 15.7. The van der Waals surface area contributed by atoms with Gasteiger partial charge in [0.15, 0.2) is 5.78 Å². The van der Waals surface area contributed by atoms with Crippen LogP contribution in [0.1, 0.15) is 33.2 Å². The Hall–Kier alpha value is -2.62. The molecule has 0 N–H and O–H groups in total. The van der Waals surface area contributed by atoms with Crippen molar-refractivity contribution in [2.24, 2.45) is 0 Å². The summed E-state index contributed by atoms with van der Waals surface area (Å²) in [5.74, 6) is 0.777. The van der Waals surface area contributed by atoms with Crippen LogP contribution in [-0.2, 0) is 6.42 Å². The van der Waals surface area contributed by atoms with Gasteiger partial charge in [0.1, 0.15) is 5.75 Å². The lowest BCUT2D eigenvalue weighted by Gasteiger charge is -2.29. The molecule has 1 aliphatic rings. The van der Waals surface area contributed by atoms with Gasteiger partial charge in [-0.05, 0) is 61.4 Å². The molecule has 22 heavy (non-hydrogen) atoms. The standard InChI is InChI=1S/C18H17NO3/c1-12(20)13-3-5-15(6-4-13)19-10-9-14-11-16(22-2)7-8-17(14)18(19)21/h3-8,11H,9-10H2,1-2H3. The van der Waals surface area contributed by atoms with E-state index in [1.807, 2.05) is 24.3 Å². The zero-order valence-electron chi connectivity index (χ0n) is 12.6. The summed E-state index contributed by atoms with van der Waals surface area (Å²) >= 11 is 0. The summed E-state index contributed by atoms with van der Waals surface area (Å²) in [7, 11) is 1.62. The largest absolute Gasteiger partial charge is 0.497 e. The molecule has 0 aromatic heterocycles. The number of carbonyl (C=O) groups is 2. The highest BCUT2D eigenvalue weighted by atomic mass is 16.5. The van der Waals surface area contributed by atoms with Crippen LogP contribution in [0.4, 0.5) is 5.69 Å². The second kappa shape index (κ2) is 5.64. The van der Waals surface area contributed by atoms with Crippen LogP contribution >= 0.6 is 0 Å². The number of rotatable bonds is 3. The van der Waals surface area contributed by atoms with Gasteiger partial charge in [0.05, 0.1) is 7.11 Å². The normalized spacial score (nSPS) is 13.7. The molecule has 0 atom stereocenters. The highest BCUT2D eigenvalue weighted by Gasteiger charge is 2.25. The molecule has 1 aliphatic heterocycles. The molecule has 0 bridgehead atoms. The molecule has 2 aromatic carbocycles. The van der Waals surface area contributed by atoms with Crippen molar-refractivity contribution in [3.05, 3.63) is 59.2 Å². The summed E-state index contributed by atoms with van der Waals surface area (Å²) in [6, 6.07) is 12.7. The van der Waals surface area contributed by atoms with Crippen molar-refractivity contribution >= 4 is 17.4 Å². The minimum absolute atomic E-state index is 0.0144. The molecule has 4 heteroatoms. The van der Waals surface area contributed by atoms with Gasteiger partial charge in [-0.3, -0.25) is 9.59 Å². The van der Waals surface area contributed by atoms with E-state index in [1.54, 1.807) is 30.2 Å². The highest BCUT2D eigenvalue weighted by molar-refractivity contribution is 6.08. The molecule has 0 radical (unpaired) electrons. The van der Waals surface area contributed by atoms with E-state index in [-0.39, 0.29) is 11.7 Å². The lowest BCUT2D eigenvalue weighted by Crippen LogP contribution is -2.37. The number of benzene rings is 2. The van der Waals surface area contributed by atoms with Crippen LogP contribution in [0.25, 0.3) is 0 Å². The SMILES string of the molecule is COc1ccc2c(c1)CCN(c1ccc(C(C)=O)cc1)C2=O. The van der Waals surface area contributed by atoms with Crippen molar-refractivity contribution in [3.8, 4) is 5.75 Å². The average Bonchev–Trinajstić information content (AvgIpc) is 2.55. The topological polar surface area (TPSA) is 46.6 Å². The molecule has 1 amide bonds. The van der Waals surface area contributed by atoms with Gasteiger partial charge in [0.2, 0.25) is 0 Å². The number of hydrogen-bond donors (Lipinski definition) is 0. The number of methoxy groups -OCH3 is 1. The van der Waals surface area contributed by atoms with E-state index >= 15 is 0 Å². The Labute approximate surface area is 129 Å². The zero-order valence-corrected chi connectivity index (χ0v) is 12.6. The summed E-state index contributed by atoms with van der Waals surface area (Å²) in [5.41, 5.74) is 3.19. The molecule has 0 unspecified atom stereocenters. The van der Waals surface area contributed by atoms with Crippen LogP contribution < -0.4 is 9.64 Å². The number of carbonyl (C=O) groups excluding carboxylic acids is 2. The van der Waals surface area contributed by atoms with E-state index < -0.39 is 0 Å². The van der Waals surface area contributed by atoms with Crippen molar-refractivity contribution in [2.75, 3.05) is 18.6 Å². The van der Waals surface area contributed by atoms with Crippen LogP contribution in [0.3, 0.4) is 0 Å². The van der Waals surface area contributed by atoms with Crippen LogP contribution in [0.5, 0.6) is 5.75 Å². The fourth-order valence-corrected chi connectivity index (χ4v) is 2.71. The number of fused-ring (bicyclic) bond motifs is 1. The predicted molar refractivity (Wildman–Crippen MR) is 84.8 cm³/mol. The third-order valence-electron chi connectivity index (χ3n) is 3.98. The van der Waals surface area contributed by atoms with E-state index in [0.717, 1.165) is 23.4 Å². The van der Waals surface area contributed by atoms with Crippen LogP contribution in [0.2, 0.25) is 0 Å². The Bertz CT molecular complexity index is 734. The van der Waals surface area contributed by atoms with Gasteiger partial charge in [-0.2, -0.15) is 0 Å². The monoisotopic (exact) mass is 295 g/mol. The van der Waals surface area contributed by atoms with Gasteiger partial charge in [-0.1, -0.05) is 0 Å². The molecule has 0 fully saturated rings. The molecule has 0 aliphatic carbocycles. The summed E-state index contributed by atoms with van der Waals surface area (Å²) in [6.07, 6.45) is 0.784. The second-order valence-corrected chi connectivity index (χ2v) is 5.33. The smallest absolute Gasteiger partial charge is 0.258 e. The molecule has 1 heterocycles. The van der Waals surface area contributed by atoms with Crippen LogP contribution in [0.15, 0.2) is 42.5 Å². The summed E-state index contributed by atoms with van der Waals surface area (Å²) < 4.78 is 5.21. The lowest BCUT2D eigenvalue weighted by molar-refractivity contribution is 0.0979. The first-order valence-corrected chi connectivity index (χ1v) is 7.20. The Morgan fingerprint density at radius 2 is 1.86 bits per heavy atom. The number of ketones is 1. The number of Topliss-reactive ketones (excluding diaryl/α,β-unsaturated/α-hetero) is 1. The summed E-state index contributed by atoms with van der Waals surface area (Å²) in [5, 5.41) is 0. The fourth-order valence-electron chi connectivity index (χ4n) is 2.71. The van der Waals surface area contributed by atoms with Gasteiger partial charge in [0, 0.05) is 23.4 Å². The Morgan fingerprint density at radius 3 is 2.50 bits per heavy atom. The van der Waals surface area contributed by atoms with E-state index in [1.165, 1.54) is 6.92 Å². The number of amides is 1. The van der Waals surface area contributed by atoms with Crippen molar-refractivity contribution in [2.45, 2.75) is 13.3 Å². The molecule has 0 spiro atoms. The quantitative estimate of drug-likeness (QED) is 0.817. The van der Waals surface area contributed by atoms with Crippen molar-refractivity contribution < 1.29 is 14.3 Å². The molecule has 0 saturated heterocycles. The maximum Gasteiger partial charge on any atom is 0.258 e. The predicted octanol–water partition coefficient (Wildman–Crippen LogP) is 3.10. The van der Waals surface area contributed by atoms with E-state index in [0.29, 0.717) is 17.7 Å². The van der Waals surface area contributed by atoms with Crippen LogP contribution in [0, 0.1) is 0 Å². The number of anilines is 1. The first-order chi connectivity index (χ1) is 10.6. The average molecular weight is 295 g/mol. The van der Waals surface area contributed by atoms with Gasteiger partial charge in [0.25, 0.3) is 5.91 Å². The maximum absolute atomic E-state index is 12.7. The minimum Gasteiger partial charge on any atom is -0.497 e. The second-order valence-electron chi connectivity index (χ2n) is 5.33. The molecule has 4 nitrogen and oxygen atoms in total. The number of nitrogens with zero attached hydrogens (tertiary/aromatic N) is 1. The van der Waals surface area contributed by atoms with E-state index in [9.17, 15) is 9.59 Å². The number of ether oxygens (including phenoxy) is 1. The van der Waals surface area contributed by atoms with Gasteiger partial charge in [-0.25, -0.2) is 0 Å². The third kappa shape index (κ3) is 2.48. The highest BCUT2D eigenvalue weighted by Crippen LogP contribution is 2.27. The lowest BCUT2D eigenvalue weighted by atomic mass is 9.98. The third-order valence-corrected chi connectivity index (χ3v) is 3.98. The maximum atomic E-state index is 12.7. The van der Waals surface area contributed by atoms with Crippen LogP contribution in [-0.4, -0.2) is 25.3 Å².